The SMILES string of the molecule is CC[C@@H](O)[C@@H](N)c1ccc2ccc3cccc4ccc1c2c34.Cl. The van der Waals surface area contributed by atoms with Gasteiger partial charge in [-0.05, 0) is 44.3 Å². The lowest BCUT2D eigenvalue weighted by atomic mass is 9.88. The third kappa shape index (κ3) is 2.34. The first-order chi connectivity index (χ1) is 10.7. The fourth-order valence-corrected chi connectivity index (χ4v) is 3.51. The number of rotatable bonds is 3. The van der Waals surface area contributed by atoms with Gasteiger partial charge in [0.1, 0.15) is 0 Å². The van der Waals surface area contributed by atoms with E-state index in [0.717, 1.165) is 10.9 Å². The molecule has 0 aliphatic heterocycles. The van der Waals surface area contributed by atoms with Crippen molar-refractivity contribution in [3.05, 3.63) is 60.2 Å². The highest BCUT2D eigenvalue weighted by atomic mass is 35.5. The van der Waals surface area contributed by atoms with Gasteiger partial charge >= 0.3 is 0 Å². The van der Waals surface area contributed by atoms with E-state index in [1.54, 1.807) is 0 Å². The average molecular weight is 326 g/mol. The van der Waals surface area contributed by atoms with Crippen molar-refractivity contribution in [1.82, 2.24) is 0 Å². The van der Waals surface area contributed by atoms with Gasteiger partial charge in [-0.2, -0.15) is 0 Å². The van der Waals surface area contributed by atoms with E-state index in [-0.39, 0.29) is 18.4 Å². The summed E-state index contributed by atoms with van der Waals surface area (Å²) in [5.74, 6) is 0. The van der Waals surface area contributed by atoms with Crippen molar-refractivity contribution in [3.8, 4) is 0 Å². The lowest BCUT2D eigenvalue weighted by Gasteiger charge is -2.21. The Morgan fingerprint density at radius 3 is 2.09 bits per heavy atom. The predicted molar refractivity (Wildman–Crippen MR) is 101 cm³/mol. The van der Waals surface area contributed by atoms with Crippen LogP contribution in [0.15, 0.2) is 54.6 Å². The molecule has 0 amide bonds. The summed E-state index contributed by atoms with van der Waals surface area (Å²) in [6.45, 7) is 1.96. The number of aliphatic hydroxyl groups is 1. The number of hydrogen-bond acceptors (Lipinski definition) is 2. The van der Waals surface area contributed by atoms with E-state index < -0.39 is 6.10 Å². The highest BCUT2D eigenvalue weighted by molar-refractivity contribution is 6.23. The zero-order valence-corrected chi connectivity index (χ0v) is 13.8. The molecule has 0 saturated carbocycles. The van der Waals surface area contributed by atoms with E-state index in [2.05, 4.69) is 54.6 Å². The molecule has 0 heterocycles. The quantitative estimate of drug-likeness (QED) is 0.533. The minimum Gasteiger partial charge on any atom is -0.391 e. The molecule has 118 valence electrons. The monoisotopic (exact) mass is 325 g/mol. The van der Waals surface area contributed by atoms with Gasteiger partial charge in [0.05, 0.1) is 12.1 Å². The van der Waals surface area contributed by atoms with E-state index in [0.29, 0.717) is 6.42 Å². The molecule has 0 fully saturated rings. The van der Waals surface area contributed by atoms with E-state index in [1.807, 2.05) is 6.92 Å². The van der Waals surface area contributed by atoms with Crippen LogP contribution in [-0.2, 0) is 0 Å². The van der Waals surface area contributed by atoms with E-state index >= 15 is 0 Å². The Bertz CT molecular complexity index is 950. The van der Waals surface area contributed by atoms with Gasteiger partial charge in [-0.3, -0.25) is 0 Å². The average Bonchev–Trinajstić information content (AvgIpc) is 2.58. The maximum Gasteiger partial charge on any atom is 0.0730 e. The molecule has 0 aromatic heterocycles. The van der Waals surface area contributed by atoms with Crippen molar-refractivity contribution in [1.29, 1.82) is 0 Å². The van der Waals surface area contributed by atoms with Crippen LogP contribution in [0.4, 0.5) is 0 Å². The first-order valence-electron chi connectivity index (χ1n) is 7.80. The summed E-state index contributed by atoms with van der Waals surface area (Å²) in [6, 6.07) is 18.8. The molecule has 2 nitrogen and oxygen atoms in total. The summed E-state index contributed by atoms with van der Waals surface area (Å²) in [5, 5.41) is 17.6. The number of aliphatic hydroxyl groups excluding tert-OH is 1. The van der Waals surface area contributed by atoms with Gasteiger partial charge in [-0.25, -0.2) is 0 Å². The molecule has 0 aliphatic carbocycles. The fraction of sp³-hybridized carbons (Fsp3) is 0.200. The molecule has 23 heavy (non-hydrogen) atoms. The molecule has 4 rings (SSSR count). The summed E-state index contributed by atoms with van der Waals surface area (Å²) in [4.78, 5) is 0. The zero-order valence-electron chi connectivity index (χ0n) is 13.0. The van der Waals surface area contributed by atoms with Crippen LogP contribution in [-0.4, -0.2) is 11.2 Å². The molecule has 4 aromatic rings. The molecule has 0 unspecified atom stereocenters. The first kappa shape index (κ1) is 16.0. The molecule has 3 heteroatoms. The second-order valence-corrected chi connectivity index (χ2v) is 6.01. The molecule has 2 atom stereocenters. The van der Waals surface area contributed by atoms with Crippen molar-refractivity contribution in [2.45, 2.75) is 25.5 Å². The third-order valence-electron chi connectivity index (χ3n) is 4.75. The van der Waals surface area contributed by atoms with Crippen LogP contribution in [0.25, 0.3) is 32.3 Å². The van der Waals surface area contributed by atoms with Gasteiger partial charge in [0, 0.05) is 0 Å². The van der Waals surface area contributed by atoms with Gasteiger partial charge in [0.25, 0.3) is 0 Å². The van der Waals surface area contributed by atoms with Crippen LogP contribution >= 0.6 is 12.4 Å². The van der Waals surface area contributed by atoms with Crippen molar-refractivity contribution in [2.24, 2.45) is 5.73 Å². The van der Waals surface area contributed by atoms with Crippen LogP contribution < -0.4 is 5.73 Å². The summed E-state index contributed by atoms with van der Waals surface area (Å²) in [5.41, 5.74) is 7.33. The highest BCUT2D eigenvalue weighted by Crippen LogP contribution is 2.37. The van der Waals surface area contributed by atoms with Crippen molar-refractivity contribution in [2.75, 3.05) is 0 Å². The summed E-state index contributed by atoms with van der Waals surface area (Å²) in [7, 11) is 0. The van der Waals surface area contributed by atoms with Crippen LogP contribution in [0, 0.1) is 0 Å². The van der Waals surface area contributed by atoms with Gasteiger partial charge in [0.2, 0.25) is 0 Å². The Morgan fingerprint density at radius 2 is 1.43 bits per heavy atom. The zero-order chi connectivity index (χ0) is 15.3. The topological polar surface area (TPSA) is 46.2 Å². The molecule has 0 radical (unpaired) electrons. The Balaban J connectivity index is 0.00000156. The summed E-state index contributed by atoms with van der Waals surface area (Å²) in [6.07, 6.45) is 0.141. The first-order valence-corrected chi connectivity index (χ1v) is 7.80. The Kier molecular flexibility index (Phi) is 4.15. The van der Waals surface area contributed by atoms with E-state index in [1.165, 1.54) is 26.9 Å². The lowest BCUT2D eigenvalue weighted by molar-refractivity contribution is 0.141. The van der Waals surface area contributed by atoms with Crippen molar-refractivity contribution in [3.63, 3.8) is 0 Å². The van der Waals surface area contributed by atoms with E-state index in [4.69, 9.17) is 5.73 Å². The molecule has 0 saturated heterocycles. The highest BCUT2D eigenvalue weighted by Gasteiger charge is 2.19. The second-order valence-electron chi connectivity index (χ2n) is 6.01. The second kappa shape index (κ2) is 5.97. The molecular formula is C20H20ClNO. The maximum atomic E-state index is 10.2. The maximum absolute atomic E-state index is 10.2. The number of nitrogens with two attached hydrogens (primary N) is 1. The lowest BCUT2D eigenvalue weighted by Crippen LogP contribution is -2.25. The van der Waals surface area contributed by atoms with Crippen LogP contribution in [0.2, 0.25) is 0 Å². The molecule has 4 aromatic carbocycles. The van der Waals surface area contributed by atoms with Gasteiger partial charge < -0.3 is 10.8 Å². The predicted octanol–water partition coefficient (Wildman–Crippen LogP) is 4.78. The standard InChI is InChI=1S/C20H19NO.ClH/c1-2-17(22)20(21)16-11-9-14-7-6-12-4-3-5-13-8-10-15(16)19(14)18(12)13;/h3-11,17,20,22H,2,21H2,1H3;1H/t17-,20+;/m1./s1. The Hall–Kier alpha value is -1.87. The molecule has 0 spiro atoms. The summed E-state index contributed by atoms with van der Waals surface area (Å²) < 4.78 is 0. The smallest absolute Gasteiger partial charge is 0.0730 e. The minimum atomic E-state index is -0.515. The van der Waals surface area contributed by atoms with Gasteiger partial charge in [0.15, 0.2) is 0 Å². The van der Waals surface area contributed by atoms with Crippen LogP contribution in [0.1, 0.15) is 24.9 Å². The fourth-order valence-electron chi connectivity index (χ4n) is 3.51. The third-order valence-corrected chi connectivity index (χ3v) is 4.75. The Morgan fingerprint density at radius 1 is 0.870 bits per heavy atom. The number of benzene rings is 4. The van der Waals surface area contributed by atoms with Crippen molar-refractivity contribution < 1.29 is 5.11 Å². The molecular weight excluding hydrogens is 306 g/mol. The largest absolute Gasteiger partial charge is 0.391 e. The molecule has 0 bridgehead atoms. The van der Waals surface area contributed by atoms with Gasteiger partial charge in [-0.1, -0.05) is 61.5 Å². The van der Waals surface area contributed by atoms with Crippen molar-refractivity contribution >= 4 is 44.7 Å². The molecule has 0 aliphatic rings. The van der Waals surface area contributed by atoms with Crippen LogP contribution in [0.3, 0.4) is 0 Å². The van der Waals surface area contributed by atoms with Crippen LogP contribution in [0.5, 0.6) is 0 Å². The number of hydrogen-bond donors (Lipinski definition) is 2. The molecule has 3 N–H and O–H groups in total. The van der Waals surface area contributed by atoms with Gasteiger partial charge in [-0.15, -0.1) is 12.4 Å². The Labute approximate surface area is 141 Å². The van der Waals surface area contributed by atoms with E-state index in [9.17, 15) is 5.11 Å². The minimum absolute atomic E-state index is 0. The normalized spacial score (nSPS) is 14.2. The number of halogens is 1. The summed E-state index contributed by atoms with van der Waals surface area (Å²) >= 11 is 0.